The zero-order valence-corrected chi connectivity index (χ0v) is 16.5. The summed E-state index contributed by atoms with van der Waals surface area (Å²) in [6.45, 7) is 2.09. The molecule has 0 radical (unpaired) electrons. The molecule has 0 N–H and O–H groups in total. The lowest BCUT2D eigenvalue weighted by molar-refractivity contribution is -0.140. The Labute approximate surface area is 168 Å². The molecule has 0 saturated carbocycles. The average Bonchev–Trinajstić information content (AvgIpc) is 3.31. The van der Waals surface area contributed by atoms with Gasteiger partial charge in [0.05, 0.1) is 43.3 Å². The zero-order chi connectivity index (χ0) is 20.4. The van der Waals surface area contributed by atoms with Gasteiger partial charge in [0.2, 0.25) is 0 Å². The van der Waals surface area contributed by atoms with Crippen LogP contribution in [-0.2, 0) is 23.8 Å². The summed E-state index contributed by atoms with van der Waals surface area (Å²) < 4.78 is 15.4. The second-order valence-corrected chi connectivity index (χ2v) is 6.91. The van der Waals surface area contributed by atoms with Crippen molar-refractivity contribution in [2.24, 2.45) is 0 Å². The minimum absolute atomic E-state index is 0.0182. The van der Waals surface area contributed by atoms with Crippen molar-refractivity contribution in [2.45, 2.75) is 12.8 Å². The summed E-state index contributed by atoms with van der Waals surface area (Å²) >= 11 is 0. The molecule has 0 bridgehead atoms. The summed E-state index contributed by atoms with van der Waals surface area (Å²) in [5.74, 6) is -1.24. The third kappa shape index (κ3) is 3.40. The van der Waals surface area contributed by atoms with Gasteiger partial charge in [0, 0.05) is 24.7 Å². The SMILES string of the molecule is COC(=O)C1=C(C(=O)OC)N(c2ccc(N3CCCC3)c3ncccc23)COC1. The largest absolute Gasteiger partial charge is 0.466 e. The predicted molar refractivity (Wildman–Crippen MR) is 108 cm³/mol. The molecule has 1 saturated heterocycles. The van der Waals surface area contributed by atoms with E-state index < -0.39 is 11.9 Å². The van der Waals surface area contributed by atoms with Crippen LogP contribution in [0.15, 0.2) is 41.7 Å². The number of methoxy groups -OCH3 is 2. The van der Waals surface area contributed by atoms with Crippen LogP contribution >= 0.6 is 0 Å². The molecule has 1 aromatic carbocycles. The number of hydrogen-bond donors (Lipinski definition) is 0. The number of rotatable bonds is 4. The predicted octanol–water partition coefficient (Wildman–Crippen LogP) is 2.23. The van der Waals surface area contributed by atoms with Gasteiger partial charge in [-0.25, -0.2) is 9.59 Å². The molecule has 3 heterocycles. The summed E-state index contributed by atoms with van der Waals surface area (Å²) in [4.78, 5) is 33.4. The topological polar surface area (TPSA) is 81.2 Å². The van der Waals surface area contributed by atoms with Crippen LogP contribution in [0.4, 0.5) is 11.4 Å². The van der Waals surface area contributed by atoms with Crippen LogP contribution in [0.2, 0.25) is 0 Å². The first kappa shape index (κ1) is 19.2. The number of anilines is 2. The molecule has 8 heteroatoms. The Hall–Kier alpha value is -3.13. The summed E-state index contributed by atoms with van der Waals surface area (Å²) in [6, 6.07) is 7.76. The lowest BCUT2D eigenvalue weighted by atomic mass is 10.1. The number of ether oxygens (including phenoxy) is 3. The molecule has 2 aliphatic heterocycles. The lowest BCUT2D eigenvalue weighted by Crippen LogP contribution is -2.39. The fourth-order valence-corrected chi connectivity index (χ4v) is 3.92. The summed E-state index contributed by atoms with van der Waals surface area (Å²) in [5.41, 5.74) is 2.89. The monoisotopic (exact) mass is 397 g/mol. The van der Waals surface area contributed by atoms with E-state index in [4.69, 9.17) is 14.2 Å². The number of aromatic nitrogens is 1. The first-order valence-corrected chi connectivity index (χ1v) is 9.53. The van der Waals surface area contributed by atoms with Gasteiger partial charge in [-0.3, -0.25) is 4.98 Å². The molecule has 0 aliphatic carbocycles. The van der Waals surface area contributed by atoms with Crippen molar-refractivity contribution >= 4 is 34.2 Å². The highest BCUT2D eigenvalue weighted by Gasteiger charge is 2.33. The molecule has 0 unspecified atom stereocenters. The van der Waals surface area contributed by atoms with Crippen molar-refractivity contribution in [3.8, 4) is 0 Å². The van der Waals surface area contributed by atoms with Crippen LogP contribution in [0, 0.1) is 0 Å². The Morgan fingerprint density at radius 2 is 1.76 bits per heavy atom. The van der Waals surface area contributed by atoms with E-state index >= 15 is 0 Å². The normalized spacial score (nSPS) is 17.0. The molecule has 0 atom stereocenters. The van der Waals surface area contributed by atoms with Gasteiger partial charge in [-0.1, -0.05) is 0 Å². The average molecular weight is 397 g/mol. The third-order valence-corrected chi connectivity index (χ3v) is 5.30. The molecule has 0 spiro atoms. The van der Waals surface area contributed by atoms with Gasteiger partial charge in [-0.15, -0.1) is 0 Å². The highest BCUT2D eigenvalue weighted by Crippen LogP contribution is 2.37. The van der Waals surface area contributed by atoms with Crippen molar-refractivity contribution < 1.29 is 23.8 Å². The molecule has 2 aliphatic rings. The molecule has 152 valence electrons. The van der Waals surface area contributed by atoms with Gasteiger partial charge in [0.25, 0.3) is 0 Å². The number of nitrogens with zero attached hydrogens (tertiary/aromatic N) is 3. The van der Waals surface area contributed by atoms with Crippen molar-refractivity contribution in [1.29, 1.82) is 0 Å². The number of benzene rings is 1. The number of fused-ring (bicyclic) bond motifs is 1. The number of pyridine rings is 1. The van der Waals surface area contributed by atoms with Crippen LogP contribution < -0.4 is 9.80 Å². The Morgan fingerprint density at radius 3 is 2.48 bits per heavy atom. The maximum absolute atomic E-state index is 12.6. The summed E-state index contributed by atoms with van der Waals surface area (Å²) in [5, 5.41) is 0.869. The number of carbonyl (C=O) groups excluding carboxylic acids is 2. The van der Waals surface area contributed by atoms with Crippen molar-refractivity contribution in [1.82, 2.24) is 4.98 Å². The molecule has 0 amide bonds. The van der Waals surface area contributed by atoms with E-state index in [9.17, 15) is 9.59 Å². The molecule has 1 aromatic heterocycles. The van der Waals surface area contributed by atoms with Gasteiger partial charge in [-0.2, -0.15) is 0 Å². The van der Waals surface area contributed by atoms with E-state index in [2.05, 4.69) is 9.88 Å². The minimum atomic E-state index is -0.619. The van der Waals surface area contributed by atoms with Gasteiger partial charge in [0.1, 0.15) is 12.4 Å². The van der Waals surface area contributed by atoms with E-state index in [-0.39, 0.29) is 24.6 Å². The number of carbonyl (C=O) groups is 2. The summed E-state index contributed by atoms with van der Waals surface area (Å²) in [6.07, 6.45) is 4.08. The molecule has 2 aromatic rings. The maximum atomic E-state index is 12.6. The Balaban J connectivity index is 1.88. The van der Waals surface area contributed by atoms with Gasteiger partial charge >= 0.3 is 11.9 Å². The molecular formula is C21H23N3O5. The van der Waals surface area contributed by atoms with E-state index in [1.807, 2.05) is 24.3 Å². The van der Waals surface area contributed by atoms with E-state index in [0.717, 1.165) is 48.2 Å². The Morgan fingerprint density at radius 1 is 1.03 bits per heavy atom. The number of esters is 2. The van der Waals surface area contributed by atoms with Crippen LogP contribution in [0.1, 0.15) is 12.8 Å². The number of hydrogen-bond acceptors (Lipinski definition) is 8. The van der Waals surface area contributed by atoms with Crippen LogP contribution in [0.25, 0.3) is 10.9 Å². The molecule has 4 rings (SSSR count). The second kappa shape index (κ2) is 8.08. The van der Waals surface area contributed by atoms with Crippen molar-refractivity contribution in [3.63, 3.8) is 0 Å². The highest BCUT2D eigenvalue weighted by molar-refractivity contribution is 6.07. The van der Waals surface area contributed by atoms with E-state index in [1.54, 1.807) is 11.1 Å². The molecule has 8 nitrogen and oxygen atoms in total. The van der Waals surface area contributed by atoms with Crippen LogP contribution in [0.5, 0.6) is 0 Å². The maximum Gasteiger partial charge on any atom is 0.355 e. The Bertz CT molecular complexity index is 981. The second-order valence-electron chi connectivity index (χ2n) is 6.91. The smallest absolute Gasteiger partial charge is 0.355 e. The fraction of sp³-hybridized carbons (Fsp3) is 0.381. The lowest BCUT2D eigenvalue weighted by Gasteiger charge is -2.32. The van der Waals surface area contributed by atoms with E-state index in [0.29, 0.717) is 0 Å². The zero-order valence-electron chi connectivity index (χ0n) is 16.5. The van der Waals surface area contributed by atoms with Gasteiger partial charge < -0.3 is 24.0 Å². The van der Waals surface area contributed by atoms with Crippen molar-refractivity contribution in [3.05, 3.63) is 41.7 Å². The van der Waals surface area contributed by atoms with Crippen LogP contribution in [0.3, 0.4) is 0 Å². The van der Waals surface area contributed by atoms with Gasteiger partial charge in [-0.05, 0) is 37.1 Å². The Kier molecular flexibility index (Phi) is 5.35. The van der Waals surface area contributed by atoms with Crippen molar-refractivity contribution in [2.75, 3.05) is 50.4 Å². The quantitative estimate of drug-likeness (QED) is 0.727. The summed E-state index contributed by atoms with van der Waals surface area (Å²) in [7, 11) is 2.56. The molecule has 29 heavy (non-hydrogen) atoms. The third-order valence-electron chi connectivity index (χ3n) is 5.30. The molecular weight excluding hydrogens is 374 g/mol. The standard InChI is InChI=1S/C21H23N3O5/c1-27-20(25)15-12-29-13-24(19(15)21(26)28-2)16-7-8-17(23-10-3-4-11-23)18-14(16)6-5-9-22-18/h5-9H,3-4,10-13H2,1-2H3. The van der Waals surface area contributed by atoms with E-state index in [1.165, 1.54) is 14.2 Å². The highest BCUT2D eigenvalue weighted by atomic mass is 16.5. The first-order chi connectivity index (χ1) is 14.2. The van der Waals surface area contributed by atoms with Crippen LogP contribution in [-0.4, -0.2) is 57.6 Å². The first-order valence-electron chi connectivity index (χ1n) is 9.53. The molecule has 1 fully saturated rings. The van der Waals surface area contributed by atoms with Gasteiger partial charge in [0.15, 0.2) is 0 Å². The minimum Gasteiger partial charge on any atom is -0.466 e. The fourth-order valence-electron chi connectivity index (χ4n) is 3.92.